The van der Waals surface area contributed by atoms with Gasteiger partial charge in [-0.15, -0.1) is 0 Å². The largest absolute Gasteiger partial charge is 0.480 e. The summed E-state index contributed by atoms with van der Waals surface area (Å²) in [6, 6.07) is 6.34. The molecule has 0 aromatic heterocycles. The van der Waals surface area contributed by atoms with Crippen molar-refractivity contribution in [2.75, 3.05) is 0 Å². The van der Waals surface area contributed by atoms with Crippen molar-refractivity contribution < 1.29 is 33.8 Å². The zero-order chi connectivity index (χ0) is 21.3. The summed E-state index contributed by atoms with van der Waals surface area (Å²) in [5.41, 5.74) is 0.00814. The Balaban J connectivity index is 2.54. The molecule has 9 heteroatoms. The first-order chi connectivity index (χ1) is 13.0. The Morgan fingerprint density at radius 2 is 1.68 bits per heavy atom. The molecule has 0 unspecified atom stereocenters. The van der Waals surface area contributed by atoms with Gasteiger partial charge < -0.3 is 25.2 Å². The average molecular weight is 394 g/mol. The van der Waals surface area contributed by atoms with Gasteiger partial charge in [-0.05, 0) is 33.3 Å². The number of hydrogen-bond acceptors (Lipinski definition) is 6. The van der Waals surface area contributed by atoms with Crippen LogP contribution in [0.1, 0.15) is 39.7 Å². The van der Waals surface area contributed by atoms with Crippen molar-refractivity contribution in [3.63, 3.8) is 0 Å². The standard InChI is InChI=1S/C19H26N2O7/c1-12(20-18(26)28-19(2,3)4)16(23)21-14(17(24)25)10-15(22)27-11-13-8-6-5-7-9-13/h5-9,12,14H,10-11H2,1-4H3,(H,20,26)(H,21,23)(H,24,25)/t12-,14-/m0/s1. The number of ether oxygens (including phenoxy) is 2. The number of carbonyl (C=O) groups excluding carboxylic acids is 3. The minimum absolute atomic E-state index is 0.00341. The van der Waals surface area contributed by atoms with Gasteiger partial charge in [-0.25, -0.2) is 9.59 Å². The minimum atomic E-state index is -1.49. The fourth-order valence-corrected chi connectivity index (χ4v) is 2.01. The lowest BCUT2D eigenvalue weighted by Crippen LogP contribution is -2.51. The van der Waals surface area contributed by atoms with Crippen LogP contribution in [-0.4, -0.2) is 46.7 Å². The van der Waals surface area contributed by atoms with Crippen molar-refractivity contribution in [2.24, 2.45) is 0 Å². The molecule has 154 valence electrons. The summed E-state index contributed by atoms with van der Waals surface area (Å²) in [6.45, 7) is 6.36. The first-order valence-corrected chi connectivity index (χ1v) is 8.70. The molecule has 0 spiro atoms. The van der Waals surface area contributed by atoms with Crippen LogP contribution in [0.4, 0.5) is 4.79 Å². The van der Waals surface area contributed by atoms with E-state index in [1.54, 1.807) is 45.0 Å². The highest BCUT2D eigenvalue weighted by Crippen LogP contribution is 2.07. The van der Waals surface area contributed by atoms with E-state index in [-0.39, 0.29) is 6.61 Å². The molecule has 0 aliphatic carbocycles. The number of amides is 2. The first kappa shape index (κ1) is 22.9. The van der Waals surface area contributed by atoms with Crippen LogP contribution in [0.25, 0.3) is 0 Å². The third-order valence-corrected chi connectivity index (χ3v) is 3.35. The maximum Gasteiger partial charge on any atom is 0.408 e. The molecule has 0 fully saturated rings. The molecule has 3 N–H and O–H groups in total. The Morgan fingerprint density at radius 1 is 1.07 bits per heavy atom. The molecule has 0 aliphatic heterocycles. The summed E-state index contributed by atoms with van der Waals surface area (Å²) in [7, 11) is 0. The second kappa shape index (κ2) is 10.3. The van der Waals surface area contributed by atoms with Crippen molar-refractivity contribution in [1.82, 2.24) is 10.6 Å². The smallest absolute Gasteiger partial charge is 0.408 e. The quantitative estimate of drug-likeness (QED) is 0.571. The molecule has 2 amide bonds. The lowest BCUT2D eigenvalue weighted by molar-refractivity contribution is -0.151. The van der Waals surface area contributed by atoms with Gasteiger partial charge in [0.1, 0.15) is 24.3 Å². The molecule has 28 heavy (non-hydrogen) atoms. The van der Waals surface area contributed by atoms with Crippen LogP contribution in [-0.2, 0) is 30.5 Å². The summed E-state index contributed by atoms with van der Waals surface area (Å²) in [5, 5.41) is 13.7. The Labute approximate surface area is 163 Å². The number of carboxylic acid groups (broad SMARTS) is 1. The highest BCUT2D eigenvalue weighted by Gasteiger charge is 2.27. The Kier molecular flexibility index (Phi) is 8.43. The van der Waals surface area contributed by atoms with Crippen LogP contribution in [0.5, 0.6) is 0 Å². The summed E-state index contributed by atoms with van der Waals surface area (Å²) >= 11 is 0. The van der Waals surface area contributed by atoms with E-state index in [2.05, 4.69) is 10.6 Å². The molecule has 1 aromatic rings. The molecule has 0 saturated heterocycles. The molecule has 0 radical (unpaired) electrons. The van der Waals surface area contributed by atoms with Gasteiger partial charge in [0.25, 0.3) is 0 Å². The monoisotopic (exact) mass is 394 g/mol. The molecule has 0 bridgehead atoms. The van der Waals surface area contributed by atoms with E-state index in [0.717, 1.165) is 5.56 Å². The lowest BCUT2D eigenvalue weighted by Gasteiger charge is -2.22. The predicted octanol–water partition coefficient (Wildman–Crippen LogP) is 1.60. The van der Waals surface area contributed by atoms with E-state index in [0.29, 0.717) is 0 Å². The number of alkyl carbamates (subject to hydrolysis) is 1. The van der Waals surface area contributed by atoms with E-state index in [4.69, 9.17) is 9.47 Å². The average Bonchev–Trinajstić information content (AvgIpc) is 2.58. The Bertz CT molecular complexity index is 698. The van der Waals surface area contributed by atoms with Gasteiger partial charge in [-0.2, -0.15) is 0 Å². The van der Waals surface area contributed by atoms with E-state index >= 15 is 0 Å². The molecular weight excluding hydrogens is 368 g/mol. The summed E-state index contributed by atoms with van der Waals surface area (Å²) in [4.78, 5) is 47.0. The normalized spacial score (nSPS) is 13.0. The molecule has 0 heterocycles. The molecular formula is C19H26N2O7. The molecule has 1 aromatic carbocycles. The van der Waals surface area contributed by atoms with E-state index in [9.17, 15) is 24.3 Å². The van der Waals surface area contributed by atoms with Gasteiger partial charge >= 0.3 is 18.0 Å². The van der Waals surface area contributed by atoms with Crippen LogP contribution in [0.15, 0.2) is 30.3 Å². The predicted molar refractivity (Wildman–Crippen MR) is 99.3 cm³/mol. The van der Waals surface area contributed by atoms with Gasteiger partial charge in [0, 0.05) is 0 Å². The maximum atomic E-state index is 12.1. The van der Waals surface area contributed by atoms with Crippen LogP contribution < -0.4 is 10.6 Å². The van der Waals surface area contributed by atoms with Crippen molar-refractivity contribution in [2.45, 2.75) is 58.4 Å². The van der Waals surface area contributed by atoms with E-state index < -0.39 is 48.0 Å². The summed E-state index contributed by atoms with van der Waals surface area (Å²) in [6.07, 6.45) is -1.36. The number of carbonyl (C=O) groups is 4. The van der Waals surface area contributed by atoms with Crippen LogP contribution >= 0.6 is 0 Å². The fourth-order valence-electron chi connectivity index (χ4n) is 2.01. The van der Waals surface area contributed by atoms with Crippen LogP contribution in [0.2, 0.25) is 0 Å². The topological polar surface area (TPSA) is 131 Å². The number of hydrogen-bond donors (Lipinski definition) is 3. The SMILES string of the molecule is C[C@H](NC(=O)OC(C)(C)C)C(=O)N[C@@H](CC(=O)OCc1ccccc1)C(=O)O. The van der Waals surface area contributed by atoms with Gasteiger partial charge in [-0.3, -0.25) is 9.59 Å². The lowest BCUT2D eigenvalue weighted by atomic mass is 10.2. The van der Waals surface area contributed by atoms with E-state index in [1.165, 1.54) is 6.92 Å². The summed E-state index contributed by atoms with van der Waals surface area (Å²) in [5.74, 6) is -2.94. The maximum absolute atomic E-state index is 12.1. The zero-order valence-corrected chi connectivity index (χ0v) is 16.4. The van der Waals surface area contributed by atoms with Crippen LogP contribution in [0.3, 0.4) is 0 Å². The van der Waals surface area contributed by atoms with Crippen molar-refractivity contribution in [3.05, 3.63) is 35.9 Å². The number of nitrogens with one attached hydrogen (secondary N) is 2. The highest BCUT2D eigenvalue weighted by atomic mass is 16.6. The molecule has 0 aliphatic rings. The van der Waals surface area contributed by atoms with Gasteiger partial charge in [0.15, 0.2) is 0 Å². The first-order valence-electron chi connectivity index (χ1n) is 8.70. The van der Waals surface area contributed by atoms with Crippen molar-refractivity contribution in [1.29, 1.82) is 0 Å². The van der Waals surface area contributed by atoms with E-state index in [1.807, 2.05) is 6.07 Å². The van der Waals surface area contributed by atoms with Gasteiger partial charge in [0.2, 0.25) is 5.91 Å². The minimum Gasteiger partial charge on any atom is -0.480 e. The number of benzene rings is 1. The number of rotatable bonds is 8. The second-order valence-corrected chi connectivity index (χ2v) is 7.12. The summed E-state index contributed by atoms with van der Waals surface area (Å²) < 4.78 is 10.1. The highest BCUT2D eigenvalue weighted by molar-refractivity contribution is 5.90. The van der Waals surface area contributed by atoms with Gasteiger partial charge in [-0.1, -0.05) is 30.3 Å². The third kappa shape index (κ3) is 9.02. The zero-order valence-electron chi connectivity index (χ0n) is 16.4. The third-order valence-electron chi connectivity index (χ3n) is 3.35. The van der Waals surface area contributed by atoms with Crippen LogP contribution in [0, 0.1) is 0 Å². The second-order valence-electron chi connectivity index (χ2n) is 7.12. The van der Waals surface area contributed by atoms with Crippen molar-refractivity contribution >= 4 is 23.9 Å². The van der Waals surface area contributed by atoms with Gasteiger partial charge in [0.05, 0.1) is 6.42 Å². The molecule has 0 saturated carbocycles. The fraction of sp³-hybridized carbons (Fsp3) is 0.474. The Hall–Kier alpha value is -3.10. The number of aliphatic carboxylic acids is 1. The molecule has 9 nitrogen and oxygen atoms in total. The molecule has 1 rings (SSSR count). The number of carboxylic acids is 1. The Morgan fingerprint density at radius 3 is 2.21 bits per heavy atom. The number of esters is 1. The van der Waals surface area contributed by atoms with Crippen molar-refractivity contribution in [3.8, 4) is 0 Å². The molecule has 2 atom stereocenters.